The van der Waals surface area contributed by atoms with Crippen molar-refractivity contribution in [2.45, 2.75) is 90.5 Å². The zero-order valence-corrected chi connectivity index (χ0v) is 19.4. The first-order valence-corrected chi connectivity index (χ1v) is 12.5. The Bertz CT molecular complexity index is 836. The molecule has 0 N–H and O–H groups in total. The van der Waals surface area contributed by atoms with Gasteiger partial charge in [-0.25, -0.2) is 4.98 Å². The first-order valence-electron chi connectivity index (χ1n) is 12.5. The molecule has 0 radical (unpaired) electrons. The number of unbranched alkanes of at least 4 members (excludes halogenated alkanes) is 7. The summed E-state index contributed by atoms with van der Waals surface area (Å²) in [7, 11) is 0. The molecule has 31 heavy (non-hydrogen) atoms. The van der Waals surface area contributed by atoms with Gasteiger partial charge in [0.2, 0.25) is 0 Å². The third-order valence-electron chi connectivity index (χ3n) is 6.11. The summed E-state index contributed by atoms with van der Waals surface area (Å²) in [6, 6.07) is 21.6. The monoisotopic (exact) mass is 416 g/mol. The Morgan fingerprint density at radius 3 is 1.94 bits per heavy atom. The van der Waals surface area contributed by atoms with E-state index in [-0.39, 0.29) is 0 Å². The van der Waals surface area contributed by atoms with Gasteiger partial charge in [0, 0.05) is 19.2 Å². The average molecular weight is 417 g/mol. The average Bonchev–Trinajstić information content (AvgIpc) is 3.18. The maximum absolute atomic E-state index is 5.05. The highest BCUT2D eigenvalue weighted by Gasteiger charge is 2.09. The van der Waals surface area contributed by atoms with Crippen molar-refractivity contribution >= 4 is 0 Å². The van der Waals surface area contributed by atoms with Crippen molar-refractivity contribution < 1.29 is 0 Å². The van der Waals surface area contributed by atoms with Crippen LogP contribution in [0.3, 0.4) is 0 Å². The molecule has 0 unspecified atom stereocenters. The van der Waals surface area contributed by atoms with Gasteiger partial charge in [0.05, 0.1) is 5.69 Å². The maximum Gasteiger partial charge on any atom is 0.113 e. The molecule has 1 aromatic heterocycles. The van der Waals surface area contributed by atoms with Gasteiger partial charge in [-0.1, -0.05) is 113 Å². The lowest BCUT2D eigenvalue weighted by Gasteiger charge is -2.08. The Morgan fingerprint density at radius 1 is 0.645 bits per heavy atom. The molecule has 2 aromatic carbocycles. The van der Waals surface area contributed by atoms with E-state index >= 15 is 0 Å². The zero-order valence-electron chi connectivity index (χ0n) is 19.4. The fraction of sp³-hybridized carbons (Fsp3) is 0.483. The maximum atomic E-state index is 5.05. The number of rotatable bonds is 15. The number of aromatic nitrogens is 2. The highest BCUT2D eigenvalue weighted by molar-refractivity contribution is 5.21. The summed E-state index contributed by atoms with van der Waals surface area (Å²) in [6.07, 6.45) is 17.5. The van der Waals surface area contributed by atoms with Crippen LogP contribution >= 0.6 is 0 Å². The van der Waals surface area contributed by atoms with E-state index in [1.165, 1.54) is 74.0 Å². The third-order valence-corrected chi connectivity index (χ3v) is 6.11. The fourth-order valence-corrected chi connectivity index (χ4v) is 4.28. The third kappa shape index (κ3) is 8.73. The molecule has 3 rings (SSSR count). The number of imidazole rings is 1. The number of hydrogen-bond donors (Lipinski definition) is 0. The minimum atomic E-state index is 0.927. The van der Waals surface area contributed by atoms with Gasteiger partial charge in [0.1, 0.15) is 5.82 Å². The fourth-order valence-electron chi connectivity index (χ4n) is 4.28. The van der Waals surface area contributed by atoms with Crippen molar-refractivity contribution in [2.75, 3.05) is 0 Å². The molecule has 0 aliphatic heterocycles. The zero-order chi connectivity index (χ0) is 21.6. The SMILES string of the molecule is CCCCCCCCCCn1cc(CCCc2ccccc2)nc1Cc1ccccc1. The highest BCUT2D eigenvalue weighted by Crippen LogP contribution is 2.15. The van der Waals surface area contributed by atoms with Crippen LogP contribution in [0.4, 0.5) is 0 Å². The largest absolute Gasteiger partial charge is 0.334 e. The molecule has 0 bridgehead atoms. The number of aryl methyl sites for hydroxylation is 3. The van der Waals surface area contributed by atoms with Crippen LogP contribution < -0.4 is 0 Å². The molecule has 0 aliphatic carbocycles. The second-order valence-electron chi connectivity index (χ2n) is 8.82. The van der Waals surface area contributed by atoms with Gasteiger partial charge >= 0.3 is 0 Å². The van der Waals surface area contributed by atoms with Crippen LogP contribution in [0.25, 0.3) is 0 Å². The molecular formula is C29H40N2. The second-order valence-corrected chi connectivity index (χ2v) is 8.82. The van der Waals surface area contributed by atoms with Crippen molar-refractivity contribution in [3.63, 3.8) is 0 Å². The minimum Gasteiger partial charge on any atom is -0.334 e. The molecule has 3 aromatic rings. The van der Waals surface area contributed by atoms with Gasteiger partial charge in [0.25, 0.3) is 0 Å². The number of nitrogens with zero attached hydrogens (tertiary/aromatic N) is 2. The van der Waals surface area contributed by atoms with E-state index in [1.807, 2.05) is 0 Å². The van der Waals surface area contributed by atoms with Crippen LogP contribution in [0.15, 0.2) is 66.9 Å². The Hall–Kier alpha value is -2.35. The Labute approximate surface area is 189 Å². The molecule has 0 aliphatic rings. The summed E-state index contributed by atoms with van der Waals surface area (Å²) in [5.41, 5.74) is 4.02. The Balaban J connectivity index is 1.51. The predicted octanol–water partition coefficient (Wildman–Crippen LogP) is 7.79. The van der Waals surface area contributed by atoms with Crippen molar-refractivity contribution in [1.82, 2.24) is 9.55 Å². The summed E-state index contributed by atoms with van der Waals surface area (Å²) < 4.78 is 2.43. The normalized spacial score (nSPS) is 11.1. The molecule has 0 saturated heterocycles. The summed E-state index contributed by atoms with van der Waals surface area (Å²) >= 11 is 0. The van der Waals surface area contributed by atoms with Gasteiger partial charge in [-0.05, 0) is 36.8 Å². The van der Waals surface area contributed by atoms with Crippen LogP contribution in [0.1, 0.15) is 87.4 Å². The smallest absolute Gasteiger partial charge is 0.113 e. The Kier molecular flexibility index (Phi) is 10.4. The first-order chi connectivity index (χ1) is 15.3. The molecule has 166 valence electrons. The van der Waals surface area contributed by atoms with Gasteiger partial charge in [0.15, 0.2) is 0 Å². The molecular weight excluding hydrogens is 376 g/mol. The minimum absolute atomic E-state index is 0.927. The van der Waals surface area contributed by atoms with Gasteiger partial charge in [-0.15, -0.1) is 0 Å². The van der Waals surface area contributed by atoms with E-state index in [2.05, 4.69) is 78.4 Å². The second kappa shape index (κ2) is 13.9. The lowest BCUT2D eigenvalue weighted by Crippen LogP contribution is -2.04. The van der Waals surface area contributed by atoms with E-state index < -0.39 is 0 Å². The van der Waals surface area contributed by atoms with Gasteiger partial charge in [-0.3, -0.25) is 0 Å². The first kappa shape index (κ1) is 23.3. The van der Waals surface area contributed by atoms with E-state index in [9.17, 15) is 0 Å². The molecule has 1 heterocycles. The molecule has 2 heteroatoms. The van der Waals surface area contributed by atoms with E-state index in [0.717, 1.165) is 32.2 Å². The molecule has 0 spiro atoms. The molecule has 0 fully saturated rings. The van der Waals surface area contributed by atoms with Crippen molar-refractivity contribution in [1.29, 1.82) is 0 Å². The topological polar surface area (TPSA) is 17.8 Å². The lowest BCUT2D eigenvalue weighted by molar-refractivity contribution is 0.537. The van der Waals surface area contributed by atoms with Crippen LogP contribution in [0.5, 0.6) is 0 Å². The number of hydrogen-bond acceptors (Lipinski definition) is 1. The van der Waals surface area contributed by atoms with E-state index in [0.29, 0.717) is 0 Å². The molecule has 0 saturated carbocycles. The van der Waals surface area contributed by atoms with E-state index in [1.54, 1.807) is 0 Å². The van der Waals surface area contributed by atoms with Crippen LogP contribution in [-0.2, 0) is 25.8 Å². The quantitative estimate of drug-likeness (QED) is 0.231. The van der Waals surface area contributed by atoms with Gasteiger partial charge in [-0.2, -0.15) is 0 Å². The standard InChI is InChI=1S/C29H40N2/c1-2-3-4-5-6-7-8-15-23-31-25-28(22-16-21-26-17-11-9-12-18-26)30-29(31)24-27-19-13-10-14-20-27/h9-14,17-20,25H,2-8,15-16,21-24H2,1H3. The molecule has 0 atom stereocenters. The lowest BCUT2D eigenvalue weighted by atomic mass is 10.1. The van der Waals surface area contributed by atoms with Crippen LogP contribution in [0.2, 0.25) is 0 Å². The van der Waals surface area contributed by atoms with Gasteiger partial charge < -0.3 is 4.57 Å². The summed E-state index contributed by atoms with van der Waals surface area (Å²) in [5, 5.41) is 0. The molecule has 0 amide bonds. The van der Waals surface area contributed by atoms with Crippen molar-refractivity contribution in [2.24, 2.45) is 0 Å². The van der Waals surface area contributed by atoms with E-state index in [4.69, 9.17) is 4.98 Å². The summed E-state index contributed by atoms with van der Waals surface area (Å²) in [5.74, 6) is 1.23. The summed E-state index contributed by atoms with van der Waals surface area (Å²) in [4.78, 5) is 5.05. The van der Waals surface area contributed by atoms with Crippen LogP contribution in [0, 0.1) is 0 Å². The van der Waals surface area contributed by atoms with Crippen LogP contribution in [-0.4, -0.2) is 9.55 Å². The number of benzene rings is 2. The van der Waals surface area contributed by atoms with Crippen molar-refractivity contribution in [3.8, 4) is 0 Å². The van der Waals surface area contributed by atoms with Crippen molar-refractivity contribution in [3.05, 3.63) is 89.5 Å². The predicted molar refractivity (Wildman–Crippen MR) is 133 cm³/mol. The molecule has 2 nitrogen and oxygen atoms in total. The Morgan fingerprint density at radius 2 is 1.26 bits per heavy atom. The highest BCUT2D eigenvalue weighted by atomic mass is 15.1. The summed E-state index contributed by atoms with van der Waals surface area (Å²) in [6.45, 7) is 3.39.